The van der Waals surface area contributed by atoms with E-state index in [9.17, 15) is 4.79 Å². The minimum atomic E-state index is -0.289. The summed E-state index contributed by atoms with van der Waals surface area (Å²) in [5.41, 5.74) is 4.86. The van der Waals surface area contributed by atoms with E-state index in [4.69, 9.17) is 25.9 Å². The molecule has 0 aliphatic carbocycles. The van der Waals surface area contributed by atoms with Gasteiger partial charge in [-0.15, -0.1) is 0 Å². The van der Waals surface area contributed by atoms with Crippen molar-refractivity contribution in [2.75, 3.05) is 13.7 Å². The second-order valence-electron chi connectivity index (χ2n) is 8.59. The van der Waals surface area contributed by atoms with Crippen molar-refractivity contribution >= 4 is 22.6 Å². The highest BCUT2D eigenvalue weighted by Gasteiger charge is 2.17. The van der Waals surface area contributed by atoms with Crippen LogP contribution < -0.4 is 9.47 Å². The van der Waals surface area contributed by atoms with Crippen LogP contribution in [0.2, 0.25) is 0 Å². The van der Waals surface area contributed by atoms with Gasteiger partial charge in [0.05, 0.1) is 32.2 Å². The highest BCUT2D eigenvalue weighted by molar-refractivity contribution is 5.89. The van der Waals surface area contributed by atoms with Crippen molar-refractivity contribution in [1.29, 1.82) is 0 Å². The molecule has 7 nitrogen and oxygen atoms in total. The molecule has 0 aliphatic rings. The molecule has 4 aromatic rings. The molecule has 0 radical (unpaired) electrons. The maximum atomic E-state index is 12.0. The number of benzene rings is 3. The molecular formula is C29H29N3O4. The number of hydrogen-bond acceptors (Lipinski definition) is 5. The first kappa shape index (κ1) is 24.8. The van der Waals surface area contributed by atoms with Crippen molar-refractivity contribution in [3.8, 4) is 22.6 Å². The second-order valence-corrected chi connectivity index (χ2v) is 8.59. The first-order chi connectivity index (χ1) is 17.4. The number of carbonyl (C=O) groups excluding carboxylic acids is 1. The van der Waals surface area contributed by atoms with E-state index in [0.717, 1.165) is 33.3 Å². The Hall–Kier alpha value is -4.31. The van der Waals surface area contributed by atoms with Gasteiger partial charge in [-0.3, -0.25) is 9.48 Å². The van der Waals surface area contributed by atoms with Crippen LogP contribution in [0, 0.1) is 6.57 Å². The Morgan fingerprint density at radius 1 is 1.08 bits per heavy atom. The number of fused-ring (bicyclic) bond motifs is 1. The third-order valence-electron chi connectivity index (χ3n) is 5.87. The van der Waals surface area contributed by atoms with Gasteiger partial charge in [0.15, 0.2) is 5.69 Å². The molecule has 0 amide bonds. The van der Waals surface area contributed by atoms with Crippen LogP contribution in [0.3, 0.4) is 0 Å². The van der Waals surface area contributed by atoms with E-state index in [1.54, 1.807) is 20.1 Å². The summed E-state index contributed by atoms with van der Waals surface area (Å²) < 4.78 is 18.8. The van der Waals surface area contributed by atoms with E-state index >= 15 is 0 Å². The van der Waals surface area contributed by atoms with Gasteiger partial charge in [0.1, 0.15) is 23.8 Å². The zero-order valence-corrected chi connectivity index (χ0v) is 20.9. The molecule has 184 valence electrons. The van der Waals surface area contributed by atoms with E-state index in [2.05, 4.69) is 24.8 Å². The number of hydrogen-bond donors (Lipinski definition) is 0. The minimum Gasteiger partial charge on any atom is -0.496 e. The maximum Gasteiger partial charge on any atom is 0.310 e. The first-order valence-electron chi connectivity index (χ1n) is 11.9. The molecule has 0 aliphatic heterocycles. The van der Waals surface area contributed by atoms with Gasteiger partial charge >= 0.3 is 5.97 Å². The Balaban J connectivity index is 1.72. The highest BCUT2D eigenvalue weighted by atomic mass is 16.5. The van der Waals surface area contributed by atoms with E-state index < -0.39 is 0 Å². The number of carbonyl (C=O) groups is 1. The lowest BCUT2D eigenvalue weighted by molar-refractivity contribution is -0.142. The summed E-state index contributed by atoms with van der Waals surface area (Å²) in [5.74, 6) is 1.03. The standard InChI is InChI=1S/C29H29N3O4/c1-6-35-29(33)16-21-9-7-8-10-27(21)36-18-25-24-15-20(11-13-26(24)32(31-25)19(2)3)23-17-22(30-4)12-14-28(23)34-5/h7-15,17,19H,6,16,18H2,1-3,5H3. The lowest BCUT2D eigenvalue weighted by Crippen LogP contribution is -2.09. The summed E-state index contributed by atoms with van der Waals surface area (Å²) in [7, 11) is 1.62. The first-order valence-corrected chi connectivity index (χ1v) is 11.9. The molecule has 0 N–H and O–H groups in total. The molecule has 0 saturated carbocycles. The smallest absolute Gasteiger partial charge is 0.310 e. The summed E-state index contributed by atoms with van der Waals surface area (Å²) in [6.07, 6.45) is 0.145. The third-order valence-corrected chi connectivity index (χ3v) is 5.87. The fourth-order valence-electron chi connectivity index (χ4n) is 4.17. The van der Waals surface area contributed by atoms with E-state index in [1.165, 1.54) is 0 Å². The topological polar surface area (TPSA) is 66.9 Å². The molecular weight excluding hydrogens is 454 g/mol. The van der Waals surface area contributed by atoms with Crippen molar-refractivity contribution in [3.05, 3.63) is 83.3 Å². The summed E-state index contributed by atoms with van der Waals surface area (Å²) in [5, 5.41) is 5.81. The summed E-state index contributed by atoms with van der Waals surface area (Å²) >= 11 is 0. The largest absolute Gasteiger partial charge is 0.496 e. The highest BCUT2D eigenvalue weighted by Crippen LogP contribution is 2.36. The van der Waals surface area contributed by atoms with Crippen LogP contribution in [0.25, 0.3) is 26.9 Å². The Kier molecular flexibility index (Phi) is 7.55. The lowest BCUT2D eigenvalue weighted by Gasteiger charge is -2.11. The predicted molar refractivity (Wildman–Crippen MR) is 139 cm³/mol. The number of para-hydroxylation sites is 1. The van der Waals surface area contributed by atoms with Crippen LogP contribution >= 0.6 is 0 Å². The van der Waals surface area contributed by atoms with E-state index in [1.807, 2.05) is 53.2 Å². The SMILES string of the molecule is [C-]#[N+]c1ccc(OC)c(-c2ccc3c(c2)c(COc2ccccc2CC(=O)OCC)nn3C(C)C)c1. The maximum absolute atomic E-state index is 12.0. The zero-order chi connectivity index (χ0) is 25.7. The van der Waals surface area contributed by atoms with Crippen LogP contribution in [0.15, 0.2) is 60.7 Å². The molecule has 0 atom stereocenters. The van der Waals surface area contributed by atoms with Gasteiger partial charge in [-0.25, -0.2) is 4.85 Å². The minimum absolute atomic E-state index is 0.145. The summed E-state index contributed by atoms with van der Waals surface area (Å²) in [6.45, 7) is 13.9. The third kappa shape index (κ3) is 5.18. The van der Waals surface area contributed by atoms with Crippen LogP contribution in [-0.4, -0.2) is 29.5 Å². The predicted octanol–water partition coefficient (Wildman–Crippen LogP) is 6.53. The summed E-state index contributed by atoms with van der Waals surface area (Å²) in [4.78, 5) is 15.6. The second kappa shape index (κ2) is 11.0. The Morgan fingerprint density at radius 3 is 2.61 bits per heavy atom. The molecule has 0 bridgehead atoms. The number of aromatic nitrogens is 2. The van der Waals surface area contributed by atoms with Gasteiger partial charge < -0.3 is 14.2 Å². The van der Waals surface area contributed by atoms with Gasteiger partial charge in [0.2, 0.25) is 0 Å². The molecule has 0 unspecified atom stereocenters. The summed E-state index contributed by atoms with van der Waals surface area (Å²) in [6, 6.07) is 19.2. The fraction of sp³-hybridized carbons (Fsp3) is 0.276. The normalized spacial score (nSPS) is 10.9. The number of esters is 1. The quantitative estimate of drug-likeness (QED) is 0.200. The van der Waals surface area contributed by atoms with Gasteiger partial charge in [-0.2, -0.15) is 5.10 Å². The van der Waals surface area contributed by atoms with Gasteiger partial charge in [-0.1, -0.05) is 30.3 Å². The van der Waals surface area contributed by atoms with Crippen LogP contribution in [-0.2, 0) is 22.6 Å². The monoisotopic (exact) mass is 483 g/mol. The molecule has 1 aromatic heterocycles. The Bertz CT molecular complexity index is 1430. The van der Waals surface area contributed by atoms with Gasteiger partial charge in [0.25, 0.3) is 0 Å². The average molecular weight is 484 g/mol. The van der Waals surface area contributed by atoms with Gasteiger partial charge in [-0.05, 0) is 56.7 Å². The number of methoxy groups -OCH3 is 1. The van der Waals surface area contributed by atoms with Crippen molar-refractivity contribution in [3.63, 3.8) is 0 Å². The number of nitrogens with zero attached hydrogens (tertiary/aromatic N) is 3. The molecule has 0 spiro atoms. The zero-order valence-electron chi connectivity index (χ0n) is 20.9. The molecule has 0 fully saturated rings. The van der Waals surface area contributed by atoms with Crippen molar-refractivity contribution in [2.45, 2.75) is 39.8 Å². The number of rotatable bonds is 9. The van der Waals surface area contributed by atoms with Crippen molar-refractivity contribution in [1.82, 2.24) is 9.78 Å². The molecule has 1 heterocycles. The van der Waals surface area contributed by atoms with Crippen LogP contribution in [0.1, 0.15) is 38.1 Å². The van der Waals surface area contributed by atoms with E-state index in [-0.39, 0.29) is 25.0 Å². The van der Waals surface area contributed by atoms with Crippen LogP contribution in [0.5, 0.6) is 11.5 Å². The van der Waals surface area contributed by atoms with Crippen molar-refractivity contribution in [2.24, 2.45) is 0 Å². The average Bonchev–Trinajstić information content (AvgIpc) is 3.26. The number of ether oxygens (including phenoxy) is 3. The molecule has 7 heteroatoms. The Labute approximate surface area is 211 Å². The lowest BCUT2D eigenvalue weighted by atomic mass is 10.0. The van der Waals surface area contributed by atoms with Gasteiger partial charge in [0, 0.05) is 22.6 Å². The fourth-order valence-corrected chi connectivity index (χ4v) is 4.17. The van der Waals surface area contributed by atoms with Crippen molar-refractivity contribution < 1.29 is 19.0 Å². The van der Waals surface area contributed by atoms with E-state index in [0.29, 0.717) is 23.8 Å². The molecule has 36 heavy (non-hydrogen) atoms. The Morgan fingerprint density at radius 2 is 1.89 bits per heavy atom. The van der Waals surface area contributed by atoms with Crippen LogP contribution in [0.4, 0.5) is 5.69 Å². The molecule has 4 rings (SSSR count). The molecule has 0 saturated heterocycles. The molecule has 3 aromatic carbocycles.